The second kappa shape index (κ2) is 28.8. The lowest BCUT2D eigenvalue weighted by molar-refractivity contribution is -0.144. The van der Waals surface area contributed by atoms with Crippen LogP contribution in [0.3, 0.4) is 0 Å². The van der Waals surface area contributed by atoms with Gasteiger partial charge in [0, 0.05) is 18.7 Å². The molecule has 64 heavy (non-hydrogen) atoms. The van der Waals surface area contributed by atoms with E-state index in [0.717, 1.165) is 0 Å². The van der Waals surface area contributed by atoms with Crippen LogP contribution in [0.5, 0.6) is 0 Å². The van der Waals surface area contributed by atoms with Crippen molar-refractivity contribution in [1.82, 2.24) is 47.4 Å². The number of aliphatic hydroxyl groups is 1. The third kappa shape index (κ3) is 20.2. The zero-order chi connectivity index (χ0) is 48.7. The largest absolute Gasteiger partial charge is 0.481 e. The Morgan fingerprint density at radius 2 is 1.31 bits per heavy atom. The predicted octanol–water partition coefficient (Wildman–Crippen LogP) is -6.77. The van der Waals surface area contributed by atoms with Crippen LogP contribution in [0.15, 0.2) is 0 Å². The van der Waals surface area contributed by atoms with Gasteiger partial charge in [-0.2, -0.15) is 24.4 Å². The molecule has 0 aromatic heterocycles. The first-order valence-corrected chi connectivity index (χ1v) is 21.9. The lowest BCUT2D eigenvalue weighted by Crippen LogP contribution is -2.57. The minimum Gasteiger partial charge on any atom is -0.481 e. The van der Waals surface area contributed by atoms with Crippen molar-refractivity contribution in [1.29, 1.82) is 0 Å². The van der Waals surface area contributed by atoms with Crippen molar-refractivity contribution in [2.75, 3.05) is 50.5 Å². The van der Waals surface area contributed by atoms with Crippen LogP contribution >= 0.6 is 24.4 Å². The van der Waals surface area contributed by atoms with Gasteiger partial charge in [0.2, 0.25) is 59.1 Å². The minimum atomic E-state index is -1.86. The Morgan fingerprint density at radius 3 is 1.86 bits per heavy atom. The van der Waals surface area contributed by atoms with E-state index < -0.39 is 152 Å². The average molecular weight is 950 g/mol. The summed E-state index contributed by atoms with van der Waals surface area (Å²) in [5.74, 6) is -11.9. The summed E-state index contributed by atoms with van der Waals surface area (Å²) in [5.41, 5.74) is 10.7. The highest BCUT2D eigenvalue weighted by Gasteiger charge is 2.37. The molecule has 1 rings (SSSR count). The van der Waals surface area contributed by atoms with E-state index in [0.29, 0.717) is 12.2 Å². The monoisotopic (exact) mass is 949 g/mol. The molecule has 0 unspecified atom stereocenters. The SMILES string of the molecule is CSCC[C@H](NC(=O)[C@@H]1CCCN1C(=O)CNC(=O)CNC(=O)[C@H](CO)NC(=O)[C@H](CC(=O)O)NC(=O)CNC(=O)[C@H](CCC(N)=O)NC(=O)[C@@H](N)CS)C(=O)N[C@H](C(=O)O)C(C)C. The molecule has 0 bridgehead atoms. The minimum absolute atomic E-state index is 0.0857. The van der Waals surface area contributed by atoms with Crippen LogP contribution in [0.25, 0.3) is 0 Å². The summed E-state index contributed by atoms with van der Waals surface area (Å²) >= 11 is 5.29. The van der Waals surface area contributed by atoms with Crippen molar-refractivity contribution in [2.45, 2.75) is 94.7 Å². The quantitative estimate of drug-likeness (QED) is 0.0310. The molecule has 0 radical (unpaired) electrons. The fraction of sp³-hybridized carbons (Fsp3) is 0.667. The molecule has 1 fully saturated rings. The van der Waals surface area contributed by atoms with Gasteiger partial charge in [-0.3, -0.25) is 52.7 Å². The second-order valence-electron chi connectivity index (χ2n) is 14.7. The number of carboxylic acids is 2. The Morgan fingerprint density at radius 1 is 0.734 bits per heavy atom. The molecule has 360 valence electrons. The Hall–Kier alpha value is -5.74. The lowest BCUT2D eigenvalue weighted by Gasteiger charge is -2.27. The summed E-state index contributed by atoms with van der Waals surface area (Å²) in [7, 11) is 0. The fourth-order valence-corrected chi connectivity index (χ4v) is 6.45. The number of rotatable bonds is 29. The van der Waals surface area contributed by atoms with Crippen molar-refractivity contribution in [2.24, 2.45) is 17.4 Å². The van der Waals surface area contributed by atoms with Crippen molar-refractivity contribution < 1.29 is 72.9 Å². The molecule has 0 aliphatic carbocycles. The van der Waals surface area contributed by atoms with Gasteiger partial charge >= 0.3 is 11.9 Å². The third-order valence-corrected chi connectivity index (χ3v) is 10.4. The molecule has 15 N–H and O–H groups in total. The Balaban J connectivity index is 2.80. The van der Waals surface area contributed by atoms with E-state index in [9.17, 15) is 72.9 Å². The van der Waals surface area contributed by atoms with Crippen molar-refractivity contribution in [3.05, 3.63) is 0 Å². The predicted molar refractivity (Wildman–Crippen MR) is 228 cm³/mol. The van der Waals surface area contributed by atoms with Crippen LogP contribution in [0, 0.1) is 5.92 Å². The third-order valence-electron chi connectivity index (χ3n) is 9.32. The summed E-state index contributed by atoms with van der Waals surface area (Å²) < 4.78 is 0. The summed E-state index contributed by atoms with van der Waals surface area (Å²) in [5, 5.41) is 46.6. The van der Waals surface area contributed by atoms with Crippen molar-refractivity contribution in [3.8, 4) is 0 Å². The van der Waals surface area contributed by atoms with E-state index in [2.05, 4.69) is 49.8 Å². The van der Waals surface area contributed by atoms with Gasteiger partial charge in [-0.05, 0) is 43.6 Å². The molecule has 0 spiro atoms. The van der Waals surface area contributed by atoms with Crippen LogP contribution < -0.4 is 54.0 Å². The second-order valence-corrected chi connectivity index (χ2v) is 16.0. The molecule has 1 heterocycles. The van der Waals surface area contributed by atoms with Crippen LogP contribution in [0.2, 0.25) is 0 Å². The van der Waals surface area contributed by atoms with Crippen molar-refractivity contribution >= 4 is 95.4 Å². The van der Waals surface area contributed by atoms with Crippen LogP contribution in [0.1, 0.15) is 52.4 Å². The highest BCUT2D eigenvalue weighted by Crippen LogP contribution is 2.18. The molecule has 1 saturated heterocycles. The topological polar surface area (TPSA) is 417 Å². The van der Waals surface area contributed by atoms with Gasteiger partial charge in [0.1, 0.15) is 36.3 Å². The van der Waals surface area contributed by atoms with Crippen LogP contribution in [-0.2, 0) is 57.5 Å². The molecule has 10 amide bonds. The summed E-state index contributed by atoms with van der Waals surface area (Å²) in [6.07, 6.45) is 0.972. The summed E-state index contributed by atoms with van der Waals surface area (Å²) in [6.45, 7) is 0.0494. The number of nitrogens with two attached hydrogens (primary N) is 2. The number of carbonyl (C=O) groups is 12. The van der Waals surface area contributed by atoms with E-state index in [-0.39, 0.29) is 38.0 Å². The molecule has 0 aromatic carbocycles. The first-order chi connectivity index (χ1) is 30.1. The number of hydrogen-bond acceptors (Lipinski definition) is 16. The molecule has 0 saturated carbocycles. The maximum atomic E-state index is 13.3. The Bertz CT molecular complexity index is 1720. The number of likely N-dealkylation sites (tertiary alicyclic amines) is 1. The van der Waals surface area contributed by atoms with Gasteiger partial charge in [-0.25, -0.2) is 4.79 Å². The maximum absolute atomic E-state index is 13.3. The first-order valence-electron chi connectivity index (χ1n) is 19.9. The molecule has 0 aromatic rings. The van der Waals surface area contributed by atoms with Gasteiger partial charge in [-0.1, -0.05) is 13.8 Å². The number of aliphatic hydroxyl groups excluding tert-OH is 1. The first kappa shape index (κ1) is 56.3. The lowest BCUT2D eigenvalue weighted by atomic mass is 10.0. The van der Waals surface area contributed by atoms with Gasteiger partial charge < -0.3 is 74.2 Å². The number of carbonyl (C=O) groups excluding carboxylic acids is 10. The van der Waals surface area contributed by atoms with E-state index in [1.165, 1.54) is 16.7 Å². The Labute approximate surface area is 377 Å². The number of primary amides is 1. The van der Waals surface area contributed by atoms with Gasteiger partial charge in [0.15, 0.2) is 0 Å². The van der Waals surface area contributed by atoms with Crippen LogP contribution in [-0.4, -0.2) is 184 Å². The number of amides is 10. The molecule has 1 aliphatic heterocycles. The number of thioether (sulfide) groups is 1. The maximum Gasteiger partial charge on any atom is 0.326 e. The normalized spacial score (nSPS) is 16.0. The van der Waals surface area contributed by atoms with Crippen LogP contribution in [0.4, 0.5) is 0 Å². The number of aliphatic carboxylic acids is 2. The fourth-order valence-electron chi connectivity index (χ4n) is 5.81. The summed E-state index contributed by atoms with van der Waals surface area (Å²) in [6, 6.07) is -9.43. The van der Waals surface area contributed by atoms with Crippen molar-refractivity contribution in [3.63, 3.8) is 0 Å². The molecule has 28 heteroatoms. The zero-order valence-corrected chi connectivity index (χ0v) is 37.2. The number of nitrogens with one attached hydrogen (secondary N) is 8. The number of nitrogens with zero attached hydrogens (tertiary/aromatic N) is 1. The van der Waals surface area contributed by atoms with Gasteiger partial charge in [0.25, 0.3) is 0 Å². The smallest absolute Gasteiger partial charge is 0.326 e. The molecule has 1 aliphatic rings. The highest BCUT2D eigenvalue weighted by molar-refractivity contribution is 7.98. The zero-order valence-electron chi connectivity index (χ0n) is 35.5. The highest BCUT2D eigenvalue weighted by atomic mass is 32.2. The molecule has 26 nitrogen and oxygen atoms in total. The average Bonchev–Trinajstić information content (AvgIpc) is 3.74. The number of hydrogen-bond donors (Lipinski definition) is 14. The van der Waals surface area contributed by atoms with E-state index in [4.69, 9.17) is 11.5 Å². The molecule has 7 atom stereocenters. The molecular formula is C36H59N11O15S2. The standard InChI is InChI=1S/C36H59N11O15S2/c1-17(2)29(36(61)62)46-33(58)20(8-10-64-3)44-35(60)23-5-4-9-47(23)27(52)14-39-25(50)12-40-32(57)22(15-48)45-34(59)21(11-28(53)54)42-26(51)13-41-31(56)19(6-7-24(38)49)43-30(55)18(37)16-63/h17-23,29,48,63H,4-16,37H2,1-3H3,(H2,38,49)(H,39,50)(H,40,57)(H,41,56)(H,42,51)(H,43,55)(H,44,60)(H,45,59)(H,46,58)(H,53,54)(H,61,62)/t18-,19-,20-,21-,22-,23-,29-/m0/s1. The van der Waals surface area contributed by atoms with Gasteiger partial charge in [0.05, 0.1) is 38.7 Å². The van der Waals surface area contributed by atoms with E-state index in [1.807, 2.05) is 5.32 Å². The number of carboxylic acid groups (broad SMARTS) is 2. The number of thiol groups is 1. The van der Waals surface area contributed by atoms with Gasteiger partial charge in [-0.15, -0.1) is 0 Å². The van der Waals surface area contributed by atoms with E-state index >= 15 is 0 Å². The summed E-state index contributed by atoms with van der Waals surface area (Å²) in [4.78, 5) is 151. The molecular weight excluding hydrogens is 891 g/mol. The van der Waals surface area contributed by atoms with E-state index in [1.54, 1.807) is 20.1 Å². The Kier molecular flexibility index (Phi) is 25.4.